The van der Waals surface area contributed by atoms with Crippen LogP contribution in [0.1, 0.15) is 0 Å². The van der Waals surface area contributed by atoms with E-state index < -0.39 is 261 Å². The molecule has 0 spiro atoms. The second-order valence-corrected chi connectivity index (χ2v) is 19.7. The Kier molecular flexibility index (Phi) is 19.2. The van der Waals surface area contributed by atoms with Crippen LogP contribution in [0.15, 0.2) is 0 Å². The van der Waals surface area contributed by atoms with Crippen LogP contribution in [0, 0.1) is 0 Å². The standard InChI is InChI=1S/C42H68O34/c43-1-8-27-15(50)20(55)36(62-8)71-28-9(2-44)64-38(22(57)16(28)51)73-30-11(4-46)66-40(24(59)18(30)53)75-32-13(6-48)68-42-35(25(32)60)69-34-26(61)41(67-14(7-49)33(34)76-42)74-31-12(5-47)65-39(23(58)19(31)54)72-29-10(3-45)63-37(70-27)21(56)17(29)52/h8-61H,1-7H2/t8-,9-,10-,11-,12-,13-,14-,15-,16-,17-,18-,19-,20-,21-,22-,23-,24-,25+,26-,27-,28-,29-,30-,31-,32-,33-,34-,35-,36-,37-,38-,39-,40-,41-,42-/m1/s1. The molecule has 0 aromatic heterocycles. The predicted octanol–water partition coefficient (Wildman–Crippen LogP) is -14.2. The van der Waals surface area contributed by atoms with Crippen LogP contribution >= 0.6 is 0 Å². The molecule has 19 N–H and O–H groups in total. The van der Waals surface area contributed by atoms with Crippen molar-refractivity contribution in [3.63, 3.8) is 0 Å². The van der Waals surface area contributed by atoms with Crippen molar-refractivity contribution in [1.82, 2.24) is 0 Å². The Morgan fingerprint density at radius 3 is 0.605 bits per heavy atom. The molecular formula is C42H68O34. The highest BCUT2D eigenvalue weighted by molar-refractivity contribution is 5.04. The summed E-state index contributed by atoms with van der Waals surface area (Å²) in [5.74, 6) is 0. The Balaban J connectivity index is 1.01. The fraction of sp³-hybridized carbons (Fsp3) is 1.00. The Labute approximate surface area is 428 Å². The Morgan fingerprint density at radius 2 is 0.355 bits per heavy atom. The molecule has 35 atom stereocenters. The second-order valence-electron chi connectivity index (χ2n) is 19.7. The molecule has 20 heterocycles. The second kappa shape index (κ2) is 24.6. The highest BCUT2D eigenvalue weighted by atomic mass is 16.8. The van der Waals surface area contributed by atoms with E-state index in [1.54, 1.807) is 0 Å². The number of aliphatic hydroxyl groups excluding tert-OH is 19. The van der Waals surface area contributed by atoms with Crippen LogP contribution < -0.4 is 0 Å². The minimum Gasteiger partial charge on any atom is -0.394 e. The zero-order chi connectivity index (χ0) is 54.8. The highest BCUT2D eigenvalue weighted by Gasteiger charge is 2.62. The van der Waals surface area contributed by atoms with Crippen molar-refractivity contribution in [3.05, 3.63) is 0 Å². The summed E-state index contributed by atoms with van der Waals surface area (Å²) in [5.41, 5.74) is 0. The number of ether oxygens (including phenoxy) is 15. The van der Waals surface area contributed by atoms with Crippen LogP contribution in [0.25, 0.3) is 0 Å². The van der Waals surface area contributed by atoms with Crippen LogP contribution in [-0.2, 0) is 71.1 Å². The molecule has 76 heavy (non-hydrogen) atoms. The molecule has 0 aromatic carbocycles. The van der Waals surface area contributed by atoms with Crippen molar-refractivity contribution in [2.24, 2.45) is 0 Å². The molecular weight excluding hydrogens is 1050 g/mol. The van der Waals surface area contributed by atoms with Gasteiger partial charge in [-0.3, -0.25) is 0 Å². The summed E-state index contributed by atoms with van der Waals surface area (Å²) >= 11 is 0. The van der Waals surface area contributed by atoms with Gasteiger partial charge in [0.15, 0.2) is 44.0 Å². The molecule has 440 valence electrons. The van der Waals surface area contributed by atoms with Crippen LogP contribution in [0.4, 0.5) is 0 Å². The van der Waals surface area contributed by atoms with Crippen LogP contribution in [0.3, 0.4) is 0 Å². The van der Waals surface area contributed by atoms with E-state index in [4.69, 9.17) is 71.1 Å². The van der Waals surface area contributed by atoms with Gasteiger partial charge >= 0.3 is 0 Å². The summed E-state index contributed by atoms with van der Waals surface area (Å²) < 4.78 is 87.0. The maximum Gasteiger partial charge on any atom is 0.187 e. The number of hydrogen-bond acceptors (Lipinski definition) is 34. The smallest absolute Gasteiger partial charge is 0.187 e. The third-order valence-electron chi connectivity index (χ3n) is 15.0. The van der Waals surface area contributed by atoms with Crippen molar-refractivity contribution in [1.29, 1.82) is 0 Å². The Bertz CT molecular complexity index is 1840. The maximum atomic E-state index is 11.8. The van der Waals surface area contributed by atoms with Gasteiger partial charge in [0.2, 0.25) is 0 Å². The quantitative estimate of drug-likeness (QED) is 0.113. The average Bonchev–Trinajstić information content (AvgIpc) is 3.42. The zero-order valence-corrected chi connectivity index (χ0v) is 39.8. The van der Waals surface area contributed by atoms with Crippen molar-refractivity contribution in [2.75, 3.05) is 46.2 Å². The molecule has 34 heteroatoms. The van der Waals surface area contributed by atoms with Crippen LogP contribution in [0.5, 0.6) is 0 Å². The van der Waals surface area contributed by atoms with Crippen LogP contribution in [-0.4, -0.2) is 358 Å². The molecule has 20 saturated heterocycles. The molecule has 20 fully saturated rings. The minimum atomic E-state index is -2.18. The lowest BCUT2D eigenvalue weighted by Crippen LogP contribution is -2.72. The minimum absolute atomic E-state index is 0.855. The maximum absolute atomic E-state index is 11.8. The molecule has 20 rings (SSSR count). The van der Waals surface area contributed by atoms with Gasteiger partial charge < -0.3 is 168 Å². The summed E-state index contributed by atoms with van der Waals surface area (Å²) in [5, 5.41) is 210. The first-order valence-electron chi connectivity index (χ1n) is 24.6. The van der Waals surface area contributed by atoms with E-state index in [9.17, 15) is 97.0 Å². The first-order valence-corrected chi connectivity index (χ1v) is 24.6. The van der Waals surface area contributed by atoms with Gasteiger partial charge in [-0.2, -0.15) is 0 Å². The van der Waals surface area contributed by atoms with Crippen molar-refractivity contribution in [2.45, 2.75) is 215 Å². The third-order valence-corrected chi connectivity index (χ3v) is 15.0. The fourth-order valence-corrected chi connectivity index (χ4v) is 10.9. The summed E-state index contributed by atoms with van der Waals surface area (Å²) in [6, 6.07) is 0. The molecule has 0 aromatic rings. The van der Waals surface area contributed by atoms with Crippen molar-refractivity contribution in [3.8, 4) is 0 Å². The lowest BCUT2D eigenvalue weighted by atomic mass is 9.92. The molecule has 0 amide bonds. The van der Waals surface area contributed by atoms with E-state index in [1.165, 1.54) is 0 Å². The molecule has 34 nitrogen and oxygen atoms in total. The van der Waals surface area contributed by atoms with Crippen molar-refractivity contribution < 1.29 is 168 Å². The summed E-state index contributed by atoms with van der Waals surface area (Å²) in [6.07, 6.45) is -66.1. The molecule has 0 aliphatic carbocycles. The van der Waals surface area contributed by atoms with Crippen LogP contribution in [0.2, 0.25) is 0 Å². The summed E-state index contributed by atoms with van der Waals surface area (Å²) in [7, 11) is 0. The van der Waals surface area contributed by atoms with E-state index >= 15 is 0 Å². The zero-order valence-electron chi connectivity index (χ0n) is 39.8. The number of hydrogen-bond donors (Lipinski definition) is 19. The highest BCUT2D eigenvalue weighted by Crippen LogP contribution is 2.42. The topological polar surface area (TPSA) is 523 Å². The van der Waals surface area contributed by atoms with E-state index in [0.29, 0.717) is 0 Å². The largest absolute Gasteiger partial charge is 0.394 e. The van der Waals surface area contributed by atoms with Gasteiger partial charge in [-0.15, -0.1) is 0 Å². The van der Waals surface area contributed by atoms with E-state index in [-0.39, 0.29) is 0 Å². The van der Waals surface area contributed by atoms with Gasteiger partial charge in [-0.25, -0.2) is 0 Å². The molecule has 0 saturated carbocycles. The van der Waals surface area contributed by atoms with Gasteiger partial charge in [0.25, 0.3) is 0 Å². The summed E-state index contributed by atoms with van der Waals surface area (Å²) in [4.78, 5) is 0. The van der Waals surface area contributed by atoms with Crippen molar-refractivity contribution >= 4 is 0 Å². The lowest BCUT2D eigenvalue weighted by molar-refractivity contribution is -0.431. The molecule has 0 unspecified atom stereocenters. The van der Waals surface area contributed by atoms with Gasteiger partial charge in [0.1, 0.15) is 171 Å². The Hall–Kier alpha value is -1.36. The molecule has 14 bridgehead atoms. The molecule has 20 aliphatic rings. The molecule has 0 radical (unpaired) electrons. The number of rotatable bonds is 7. The van der Waals surface area contributed by atoms with Gasteiger partial charge in [-0.1, -0.05) is 0 Å². The first kappa shape index (κ1) is 59.3. The number of aliphatic hydroxyl groups is 19. The monoisotopic (exact) mass is 1120 g/mol. The lowest BCUT2D eigenvalue weighted by Gasteiger charge is -2.55. The predicted molar refractivity (Wildman–Crippen MR) is 225 cm³/mol. The van der Waals surface area contributed by atoms with E-state index in [2.05, 4.69) is 0 Å². The SMILES string of the molecule is OC[C@H]1O[C@@H]2O[C@H]3[C@H](O)[C@@H](O)[C@@H](O[C@H]4[C@H](O)[C@@H](O)[C@@H](O[C@H]5[C@H](O)[C@H]6O[C@@H]7[C@@H](O)[C@@H](O[C@H]8[C@H](O)[C@@H](O)[C@@H](O[C@H]9[C@H](O)[C@@H](O)[C@@H](O[C@H]1[C@H](O)[C@H]2O)O[C@@H]9CO)O[C@@H]8CO)O[C@H](CO)[C@H]7O[C@H]6O[C@@H]5CO)O[C@@H]4CO)O[C@@H]3CO. The van der Waals surface area contributed by atoms with Gasteiger partial charge in [0.05, 0.1) is 46.2 Å². The molecule has 20 aliphatic heterocycles. The first-order chi connectivity index (χ1) is 36.3. The Morgan fingerprint density at radius 1 is 0.158 bits per heavy atom. The van der Waals surface area contributed by atoms with E-state index in [1.807, 2.05) is 0 Å². The normalized spacial score (nSPS) is 56.3. The fourth-order valence-electron chi connectivity index (χ4n) is 10.9. The van der Waals surface area contributed by atoms with Gasteiger partial charge in [-0.05, 0) is 0 Å². The van der Waals surface area contributed by atoms with Gasteiger partial charge in [0, 0.05) is 0 Å². The van der Waals surface area contributed by atoms with E-state index in [0.717, 1.165) is 0 Å². The summed E-state index contributed by atoms with van der Waals surface area (Å²) in [6.45, 7) is -6.85. The average molecular weight is 1120 g/mol. The third kappa shape index (κ3) is 10.9.